The Labute approximate surface area is 156 Å². The lowest BCUT2D eigenvalue weighted by molar-refractivity contribution is -0.150. The van der Waals surface area contributed by atoms with E-state index in [4.69, 9.17) is 10.5 Å². The molecule has 0 aromatic carbocycles. The summed E-state index contributed by atoms with van der Waals surface area (Å²) in [5.41, 5.74) is 5.70. The number of esters is 1. The van der Waals surface area contributed by atoms with Gasteiger partial charge < -0.3 is 10.5 Å². The first-order chi connectivity index (χ1) is 12.3. The molecule has 1 rings (SSSR count). The van der Waals surface area contributed by atoms with Gasteiger partial charge in [0, 0.05) is 0 Å². The third-order valence-electron chi connectivity index (χ3n) is 5.76. The number of hydrogen-bond acceptors (Lipinski definition) is 3. The van der Waals surface area contributed by atoms with Crippen molar-refractivity contribution in [1.82, 2.24) is 0 Å². The maximum absolute atomic E-state index is 12.0. The molecule has 3 heteroatoms. The highest BCUT2D eigenvalue weighted by Gasteiger charge is 2.26. The second-order valence-corrected chi connectivity index (χ2v) is 8.01. The number of rotatable bonds is 15. The van der Waals surface area contributed by atoms with Crippen LogP contribution in [0.5, 0.6) is 0 Å². The van der Waals surface area contributed by atoms with E-state index in [-0.39, 0.29) is 11.9 Å². The van der Waals surface area contributed by atoms with E-state index in [0.29, 0.717) is 12.5 Å². The minimum Gasteiger partial charge on any atom is -0.465 e. The zero-order chi connectivity index (χ0) is 18.2. The van der Waals surface area contributed by atoms with Gasteiger partial charge in [-0.05, 0) is 44.6 Å². The molecule has 0 aliphatic heterocycles. The van der Waals surface area contributed by atoms with Gasteiger partial charge in [0.25, 0.3) is 0 Å². The van der Waals surface area contributed by atoms with Crippen molar-refractivity contribution in [1.29, 1.82) is 0 Å². The topological polar surface area (TPSA) is 52.3 Å². The van der Waals surface area contributed by atoms with Crippen molar-refractivity contribution < 1.29 is 9.53 Å². The molecule has 1 aliphatic rings. The number of ether oxygens (including phenoxy) is 1. The molecular weight excluding hydrogens is 310 g/mol. The third kappa shape index (κ3) is 11.6. The van der Waals surface area contributed by atoms with Gasteiger partial charge in [0.15, 0.2) is 0 Å². The molecule has 0 unspecified atom stereocenters. The number of carbonyl (C=O) groups excluding carboxylic acids is 1. The maximum Gasteiger partial charge on any atom is 0.308 e. The van der Waals surface area contributed by atoms with E-state index in [2.05, 4.69) is 6.92 Å². The number of unbranched alkanes of at least 4 members (excludes halogenated alkanes) is 11. The standard InChI is InChI=1S/C22H43NO2/c1-2-3-4-5-6-7-8-9-10-11-12-13-18-25-22(24)21-16-14-20(19-23)15-17-21/h20-21H,2-19,23H2,1H3/t20-,21-. The van der Waals surface area contributed by atoms with Crippen LogP contribution in [0.4, 0.5) is 0 Å². The molecule has 0 spiro atoms. The van der Waals surface area contributed by atoms with Crippen LogP contribution in [0.3, 0.4) is 0 Å². The van der Waals surface area contributed by atoms with Gasteiger partial charge in [-0.1, -0.05) is 77.6 Å². The minimum absolute atomic E-state index is 0.0403. The van der Waals surface area contributed by atoms with Gasteiger partial charge in [-0.15, -0.1) is 0 Å². The van der Waals surface area contributed by atoms with Crippen LogP contribution in [0.2, 0.25) is 0 Å². The molecule has 25 heavy (non-hydrogen) atoms. The van der Waals surface area contributed by atoms with Crippen LogP contribution in [0.1, 0.15) is 110 Å². The molecule has 0 radical (unpaired) electrons. The van der Waals surface area contributed by atoms with E-state index in [1.54, 1.807) is 0 Å². The smallest absolute Gasteiger partial charge is 0.308 e. The maximum atomic E-state index is 12.0. The fraction of sp³-hybridized carbons (Fsp3) is 0.955. The van der Waals surface area contributed by atoms with Crippen molar-refractivity contribution in [3.05, 3.63) is 0 Å². The largest absolute Gasteiger partial charge is 0.465 e. The highest BCUT2D eigenvalue weighted by atomic mass is 16.5. The first-order valence-corrected chi connectivity index (χ1v) is 11.1. The van der Waals surface area contributed by atoms with Crippen LogP contribution in [0, 0.1) is 11.8 Å². The van der Waals surface area contributed by atoms with Gasteiger partial charge in [-0.25, -0.2) is 0 Å². The highest BCUT2D eigenvalue weighted by molar-refractivity contribution is 5.72. The normalized spacial score (nSPS) is 20.6. The predicted octanol–water partition coefficient (Wildman–Crippen LogP) is 6.00. The second-order valence-electron chi connectivity index (χ2n) is 8.01. The Balaban J connectivity index is 1.82. The molecule has 1 fully saturated rings. The molecule has 1 aliphatic carbocycles. The molecule has 148 valence electrons. The van der Waals surface area contributed by atoms with Crippen LogP contribution in [0.15, 0.2) is 0 Å². The Hall–Kier alpha value is -0.570. The molecule has 1 saturated carbocycles. The van der Waals surface area contributed by atoms with Crippen LogP contribution in [-0.2, 0) is 9.53 Å². The van der Waals surface area contributed by atoms with E-state index in [0.717, 1.165) is 38.6 Å². The lowest BCUT2D eigenvalue weighted by atomic mass is 9.82. The summed E-state index contributed by atoms with van der Waals surface area (Å²) in [7, 11) is 0. The van der Waals surface area contributed by atoms with E-state index >= 15 is 0 Å². The molecule has 0 bridgehead atoms. The molecule has 0 aromatic rings. The Morgan fingerprint density at radius 3 is 1.76 bits per heavy atom. The van der Waals surface area contributed by atoms with Crippen molar-refractivity contribution in [2.24, 2.45) is 17.6 Å². The van der Waals surface area contributed by atoms with E-state index in [1.165, 1.54) is 70.6 Å². The number of carbonyl (C=O) groups is 1. The van der Waals surface area contributed by atoms with E-state index in [9.17, 15) is 4.79 Å². The SMILES string of the molecule is CCCCCCCCCCCCCCOC(=O)[C@H]1CC[C@H](CN)CC1. The molecule has 0 heterocycles. The molecule has 0 atom stereocenters. The van der Waals surface area contributed by atoms with Crippen molar-refractivity contribution >= 4 is 5.97 Å². The molecule has 3 nitrogen and oxygen atoms in total. The molecule has 0 aromatic heterocycles. The third-order valence-corrected chi connectivity index (χ3v) is 5.76. The van der Waals surface area contributed by atoms with Gasteiger partial charge in [0.05, 0.1) is 12.5 Å². The fourth-order valence-corrected chi connectivity index (χ4v) is 3.87. The molecular formula is C22H43NO2. The second kappa shape index (κ2) is 15.7. The van der Waals surface area contributed by atoms with E-state index in [1.807, 2.05) is 0 Å². The van der Waals surface area contributed by atoms with Gasteiger partial charge in [-0.2, -0.15) is 0 Å². The first-order valence-electron chi connectivity index (χ1n) is 11.1. The van der Waals surface area contributed by atoms with Crippen LogP contribution in [0.25, 0.3) is 0 Å². The van der Waals surface area contributed by atoms with Crippen LogP contribution < -0.4 is 5.73 Å². The van der Waals surface area contributed by atoms with Crippen molar-refractivity contribution in [3.63, 3.8) is 0 Å². The molecule has 0 saturated heterocycles. The average molecular weight is 354 g/mol. The summed E-state index contributed by atoms with van der Waals surface area (Å²) in [5, 5.41) is 0. The summed E-state index contributed by atoms with van der Waals surface area (Å²) in [6.07, 6.45) is 20.2. The summed E-state index contributed by atoms with van der Waals surface area (Å²) in [6, 6.07) is 0. The van der Waals surface area contributed by atoms with Crippen molar-refractivity contribution in [2.75, 3.05) is 13.2 Å². The lowest BCUT2D eigenvalue weighted by Gasteiger charge is -2.26. The fourth-order valence-electron chi connectivity index (χ4n) is 3.87. The Bertz CT molecular complexity index is 311. The molecule has 2 N–H and O–H groups in total. The van der Waals surface area contributed by atoms with E-state index < -0.39 is 0 Å². The number of nitrogens with two attached hydrogens (primary N) is 1. The summed E-state index contributed by atoms with van der Waals surface area (Å²) in [6.45, 7) is 3.65. The summed E-state index contributed by atoms with van der Waals surface area (Å²) in [4.78, 5) is 12.0. The monoisotopic (exact) mass is 353 g/mol. The van der Waals surface area contributed by atoms with Gasteiger partial charge in [0.1, 0.15) is 0 Å². The van der Waals surface area contributed by atoms with Crippen LogP contribution in [-0.4, -0.2) is 19.1 Å². The average Bonchev–Trinajstić information content (AvgIpc) is 2.65. The zero-order valence-electron chi connectivity index (χ0n) is 16.8. The van der Waals surface area contributed by atoms with Gasteiger partial charge in [-0.3, -0.25) is 4.79 Å². The zero-order valence-corrected chi connectivity index (χ0v) is 16.8. The highest BCUT2D eigenvalue weighted by Crippen LogP contribution is 2.28. The van der Waals surface area contributed by atoms with Crippen molar-refractivity contribution in [3.8, 4) is 0 Å². The van der Waals surface area contributed by atoms with Crippen LogP contribution >= 0.6 is 0 Å². The minimum atomic E-state index is 0.0403. The van der Waals surface area contributed by atoms with Gasteiger partial charge >= 0.3 is 5.97 Å². The summed E-state index contributed by atoms with van der Waals surface area (Å²) in [5.74, 6) is 0.805. The first kappa shape index (κ1) is 22.5. The lowest BCUT2D eigenvalue weighted by Crippen LogP contribution is -2.27. The van der Waals surface area contributed by atoms with Crippen molar-refractivity contribution in [2.45, 2.75) is 110 Å². The summed E-state index contributed by atoms with van der Waals surface area (Å²) >= 11 is 0. The molecule has 0 amide bonds. The summed E-state index contributed by atoms with van der Waals surface area (Å²) < 4.78 is 5.47. The quantitative estimate of drug-likeness (QED) is 0.290. The Morgan fingerprint density at radius 1 is 0.800 bits per heavy atom. The Morgan fingerprint density at radius 2 is 1.28 bits per heavy atom. The van der Waals surface area contributed by atoms with Gasteiger partial charge in [0.2, 0.25) is 0 Å². The number of hydrogen-bond donors (Lipinski definition) is 1. The predicted molar refractivity (Wildman–Crippen MR) is 107 cm³/mol. The Kier molecular flexibility index (Phi) is 14.1.